The number of carbonyl (C=O) groups excluding carboxylic acids is 1. The van der Waals surface area contributed by atoms with Crippen LogP contribution in [0, 0.1) is 11.6 Å². The van der Waals surface area contributed by atoms with Gasteiger partial charge in [0.2, 0.25) is 0 Å². The molecular formula is C16H24F2N4O. The average Bonchev–Trinajstić information content (AvgIpc) is 2.51. The van der Waals surface area contributed by atoms with Crippen molar-refractivity contribution in [1.82, 2.24) is 14.7 Å². The highest BCUT2D eigenvalue weighted by molar-refractivity contribution is 5.89. The van der Waals surface area contributed by atoms with Gasteiger partial charge in [0.05, 0.1) is 0 Å². The van der Waals surface area contributed by atoms with Gasteiger partial charge in [-0.2, -0.15) is 0 Å². The molecule has 1 N–H and O–H groups in total. The van der Waals surface area contributed by atoms with E-state index >= 15 is 0 Å². The Balaban J connectivity index is 1.80. The summed E-state index contributed by atoms with van der Waals surface area (Å²) in [7, 11) is 4.09. The molecule has 2 amide bonds. The largest absolute Gasteiger partial charge is 0.322 e. The fraction of sp³-hybridized carbons (Fsp3) is 0.562. The number of nitrogens with one attached hydrogen (secondary N) is 1. The molecule has 1 aliphatic rings. The number of nitrogens with zero attached hydrogens (tertiary/aromatic N) is 3. The normalized spacial score (nSPS) is 16.0. The molecule has 0 saturated carbocycles. The molecule has 7 heteroatoms. The summed E-state index contributed by atoms with van der Waals surface area (Å²) in [5.74, 6) is -1.53. The Labute approximate surface area is 135 Å². The smallest absolute Gasteiger partial charge is 0.322 e. The van der Waals surface area contributed by atoms with Crippen molar-refractivity contribution < 1.29 is 13.6 Å². The molecule has 128 valence electrons. The Bertz CT molecular complexity index is 511. The summed E-state index contributed by atoms with van der Waals surface area (Å²) < 4.78 is 27.1. The monoisotopic (exact) mass is 326 g/mol. The van der Waals surface area contributed by atoms with Crippen molar-refractivity contribution in [2.24, 2.45) is 0 Å². The second kappa shape index (κ2) is 8.21. The maximum Gasteiger partial charge on any atom is 0.322 e. The predicted octanol–water partition coefficient (Wildman–Crippen LogP) is 2.07. The lowest BCUT2D eigenvalue weighted by Gasteiger charge is -2.34. The molecular weight excluding hydrogens is 302 g/mol. The van der Waals surface area contributed by atoms with Crippen LogP contribution in [0.15, 0.2) is 18.2 Å². The maximum absolute atomic E-state index is 13.6. The fourth-order valence-corrected chi connectivity index (χ4v) is 2.59. The van der Waals surface area contributed by atoms with Crippen molar-refractivity contribution in [2.45, 2.75) is 6.42 Å². The molecule has 2 rings (SSSR count). The number of halogens is 2. The van der Waals surface area contributed by atoms with E-state index in [4.69, 9.17) is 0 Å². The summed E-state index contributed by atoms with van der Waals surface area (Å²) >= 11 is 0. The number of para-hydroxylation sites is 1. The Morgan fingerprint density at radius 1 is 1.17 bits per heavy atom. The highest BCUT2D eigenvalue weighted by atomic mass is 19.1. The number of hydrogen-bond acceptors (Lipinski definition) is 3. The quantitative estimate of drug-likeness (QED) is 0.900. The number of piperazine rings is 1. The van der Waals surface area contributed by atoms with Crippen molar-refractivity contribution in [1.29, 1.82) is 0 Å². The molecule has 0 aliphatic carbocycles. The summed E-state index contributed by atoms with van der Waals surface area (Å²) in [6.07, 6.45) is 1.08. The van der Waals surface area contributed by atoms with Gasteiger partial charge in [0, 0.05) is 26.2 Å². The maximum atomic E-state index is 13.6. The van der Waals surface area contributed by atoms with Crippen molar-refractivity contribution in [3.8, 4) is 0 Å². The highest BCUT2D eigenvalue weighted by Crippen LogP contribution is 2.18. The van der Waals surface area contributed by atoms with Gasteiger partial charge in [-0.1, -0.05) is 6.07 Å². The molecule has 0 radical (unpaired) electrons. The van der Waals surface area contributed by atoms with Crippen LogP contribution in [0.25, 0.3) is 0 Å². The van der Waals surface area contributed by atoms with Crippen LogP contribution in [-0.2, 0) is 0 Å². The van der Waals surface area contributed by atoms with E-state index < -0.39 is 17.7 Å². The molecule has 5 nitrogen and oxygen atoms in total. The molecule has 1 saturated heterocycles. The Hall–Kier alpha value is -1.73. The lowest BCUT2D eigenvalue weighted by atomic mass is 10.2. The predicted molar refractivity (Wildman–Crippen MR) is 86.6 cm³/mol. The number of benzene rings is 1. The van der Waals surface area contributed by atoms with Gasteiger partial charge in [-0.05, 0) is 45.7 Å². The summed E-state index contributed by atoms with van der Waals surface area (Å²) in [5, 5.41) is 2.33. The molecule has 0 bridgehead atoms. The zero-order valence-corrected chi connectivity index (χ0v) is 13.7. The van der Waals surface area contributed by atoms with Crippen molar-refractivity contribution in [3.63, 3.8) is 0 Å². The summed E-state index contributed by atoms with van der Waals surface area (Å²) in [5.41, 5.74) is -0.383. The van der Waals surface area contributed by atoms with Crippen LogP contribution in [0.5, 0.6) is 0 Å². The number of anilines is 1. The molecule has 1 aromatic carbocycles. The van der Waals surface area contributed by atoms with E-state index in [1.54, 1.807) is 4.90 Å². The molecule has 1 fully saturated rings. The topological polar surface area (TPSA) is 38.8 Å². The van der Waals surface area contributed by atoms with Crippen LogP contribution in [0.1, 0.15) is 6.42 Å². The van der Waals surface area contributed by atoms with Gasteiger partial charge in [-0.3, -0.25) is 4.90 Å². The van der Waals surface area contributed by atoms with Crippen LogP contribution in [0.3, 0.4) is 0 Å². The summed E-state index contributed by atoms with van der Waals surface area (Å²) in [6.45, 7) is 4.71. The summed E-state index contributed by atoms with van der Waals surface area (Å²) in [6, 6.07) is 3.07. The van der Waals surface area contributed by atoms with E-state index in [1.807, 2.05) is 14.1 Å². The fourth-order valence-electron chi connectivity index (χ4n) is 2.59. The van der Waals surface area contributed by atoms with E-state index in [0.29, 0.717) is 13.1 Å². The minimum atomic E-state index is -0.763. The first-order valence-corrected chi connectivity index (χ1v) is 7.84. The Morgan fingerprint density at radius 2 is 1.78 bits per heavy atom. The third-order valence-electron chi connectivity index (χ3n) is 3.93. The first-order chi connectivity index (χ1) is 11.0. The standard InChI is InChI=1S/C16H24F2N4O/c1-20(2)7-4-8-21-9-11-22(12-10-21)16(23)19-15-13(17)5-3-6-14(15)18/h3,5-6H,4,7-12H2,1-2H3,(H,19,23). The Kier molecular flexibility index (Phi) is 6.29. The van der Waals surface area contributed by atoms with E-state index in [1.165, 1.54) is 6.07 Å². The zero-order valence-electron chi connectivity index (χ0n) is 13.7. The highest BCUT2D eigenvalue weighted by Gasteiger charge is 2.22. The number of urea groups is 1. The first kappa shape index (κ1) is 17.6. The number of amides is 2. The van der Waals surface area contributed by atoms with Gasteiger partial charge in [0.15, 0.2) is 0 Å². The van der Waals surface area contributed by atoms with Gasteiger partial charge in [0.25, 0.3) is 0 Å². The van der Waals surface area contributed by atoms with Crippen LogP contribution in [-0.4, -0.2) is 74.1 Å². The van der Waals surface area contributed by atoms with Crippen molar-refractivity contribution in [2.75, 3.05) is 58.7 Å². The average molecular weight is 326 g/mol. The Morgan fingerprint density at radius 3 is 2.35 bits per heavy atom. The summed E-state index contributed by atoms with van der Waals surface area (Å²) in [4.78, 5) is 18.2. The van der Waals surface area contributed by atoms with Crippen LogP contribution >= 0.6 is 0 Å². The lowest BCUT2D eigenvalue weighted by molar-refractivity contribution is 0.144. The van der Waals surface area contributed by atoms with E-state index in [-0.39, 0.29) is 5.69 Å². The minimum absolute atomic E-state index is 0.383. The first-order valence-electron chi connectivity index (χ1n) is 7.84. The van der Waals surface area contributed by atoms with Crippen molar-refractivity contribution in [3.05, 3.63) is 29.8 Å². The zero-order chi connectivity index (χ0) is 16.8. The lowest BCUT2D eigenvalue weighted by Crippen LogP contribution is -2.50. The molecule has 1 aromatic rings. The number of rotatable bonds is 5. The minimum Gasteiger partial charge on any atom is -0.322 e. The van der Waals surface area contributed by atoms with Gasteiger partial charge < -0.3 is 15.1 Å². The van der Waals surface area contributed by atoms with Gasteiger partial charge >= 0.3 is 6.03 Å². The molecule has 1 heterocycles. The van der Waals surface area contributed by atoms with E-state index in [9.17, 15) is 13.6 Å². The third-order valence-corrected chi connectivity index (χ3v) is 3.93. The van der Waals surface area contributed by atoms with Crippen LogP contribution in [0.2, 0.25) is 0 Å². The molecule has 1 aliphatic heterocycles. The van der Waals surface area contributed by atoms with Gasteiger partial charge in [0.1, 0.15) is 17.3 Å². The molecule has 0 spiro atoms. The molecule has 0 aromatic heterocycles. The third kappa shape index (κ3) is 5.14. The molecule has 23 heavy (non-hydrogen) atoms. The molecule has 0 unspecified atom stereocenters. The van der Waals surface area contributed by atoms with Crippen molar-refractivity contribution >= 4 is 11.7 Å². The number of hydrogen-bond donors (Lipinski definition) is 1. The van der Waals surface area contributed by atoms with Crippen LogP contribution in [0.4, 0.5) is 19.3 Å². The van der Waals surface area contributed by atoms with Gasteiger partial charge in [-0.15, -0.1) is 0 Å². The molecule has 0 atom stereocenters. The van der Waals surface area contributed by atoms with E-state index in [0.717, 1.165) is 44.7 Å². The SMILES string of the molecule is CN(C)CCCN1CCN(C(=O)Nc2c(F)cccc2F)CC1. The van der Waals surface area contributed by atoms with Gasteiger partial charge in [-0.25, -0.2) is 13.6 Å². The second-order valence-corrected chi connectivity index (χ2v) is 6.01. The number of carbonyl (C=O) groups is 1. The van der Waals surface area contributed by atoms with Crippen LogP contribution < -0.4 is 5.32 Å². The van der Waals surface area contributed by atoms with E-state index in [2.05, 4.69) is 15.1 Å². The second-order valence-electron chi connectivity index (χ2n) is 6.01.